The Morgan fingerprint density at radius 2 is 2.24 bits per heavy atom. The highest BCUT2D eigenvalue weighted by Gasteiger charge is 2.06. The fraction of sp³-hybridized carbons (Fsp3) is 0.200. The van der Waals surface area contributed by atoms with Crippen molar-refractivity contribution in [2.75, 3.05) is 7.11 Å². The summed E-state index contributed by atoms with van der Waals surface area (Å²) in [6, 6.07) is 8.72. The second-order valence-electron chi connectivity index (χ2n) is 4.37. The molecule has 1 aromatic carbocycles. The van der Waals surface area contributed by atoms with Crippen molar-refractivity contribution in [1.82, 2.24) is 5.43 Å². The third kappa shape index (κ3) is 4.06. The van der Waals surface area contributed by atoms with Crippen molar-refractivity contribution in [2.24, 2.45) is 5.10 Å². The van der Waals surface area contributed by atoms with Gasteiger partial charge in [0.1, 0.15) is 0 Å². The number of ether oxygens (including phenoxy) is 1. The number of aromatic hydroxyl groups is 1. The normalized spacial score (nSPS) is 11.2. The topological polar surface area (TPSA) is 70.9 Å². The van der Waals surface area contributed by atoms with Gasteiger partial charge in [-0.15, -0.1) is 11.3 Å². The van der Waals surface area contributed by atoms with Gasteiger partial charge in [-0.2, -0.15) is 5.10 Å². The van der Waals surface area contributed by atoms with Crippen LogP contribution in [0.15, 0.2) is 40.8 Å². The van der Waals surface area contributed by atoms with Crippen LogP contribution in [0.3, 0.4) is 0 Å². The molecule has 0 saturated heterocycles. The number of hydrogen-bond acceptors (Lipinski definition) is 5. The van der Waals surface area contributed by atoms with Gasteiger partial charge >= 0.3 is 0 Å². The third-order valence-corrected chi connectivity index (χ3v) is 3.74. The number of benzene rings is 1. The first-order valence-electron chi connectivity index (χ1n) is 6.33. The van der Waals surface area contributed by atoms with Gasteiger partial charge in [0.15, 0.2) is 11.5 Å². The van der Waals surface area contributed by atoms with Crippen molar-refractivity contribution in [3.63, 3.8) is 0 Å². The van der Waals surface area contributed by atoms with E-state index in [1.807, 2.05) is 17.5 Å². The highest BCUT2D eigenvalue weighted by molar-refractivity contribution is 7.10. The first-order chi connectivity index (χ1) is 10.1. The van der Waals surface area contributed by atoms with E-state index < -0.39 is 0 Å². The van der Waals surface area contributed by atoms with Gasteiger partial charge in [0.25, 0.3) is 0 Å². The molecule has 1 heterocycles. The molecule has 0 radical (unpaired) electrons. The quantitative estimate of drug-likeness (QED) is 0.659. The summed E-state index contributed by atoms with van der Waals surface area (Å²) in [5, 5.41) is 15.5. The molecule has 0 atom stereocenters. The van der Waals surface area contributed by atoms with Crippen LogP contribution in [0.2, 0.25) is 0 Å². The third-order valence-electron chi connectivity index (χ3n) is 2.86. The molecule has 6 heteroatoms. The summed E-state index contributed by atoms with van der Waals surface area (Å²) in [5.41, 5.74) is 3.92. The van der Waals surface area contributed by atoms with Crippen LogP contribution in [-0.4, -0.2) is 23.8 Å². The zero-order chi connectivity index (χ0) is 15.2. The van der Waals surface area contributed by atoms with E-state index in [1.54, 1.807) is 19.1 Å². The molecule has 0 spiro atoms. The van der Waals surface area contributed by atoms with Crippen LogP contribution in [0.5, 0.6) is 11.5 Å². The highest BCUT2D eigenvalue weighted by atomic mass is 32.1. The van der Waals surface area contributed by atoms with Gasteiger partial charge in [-0.3, -0.25) is 4.79 Å². The lowest BCUT2D eigenvalue weighted by Gasteiger charge is -2.06. The molecule has 1 aromatic heterocycles. The van der Waals surface area contributed by atoms with Gasteiger partial charge in [-0.1, -0.05) is 6.07 Å². The molecular formula is C15H16N2O3S. The van der Waals surface area contributed by atoms with Crippen molar-refractivity contribution >= 4 is 23.0 Å². The van der Waals surface area contributed by atoms with Crippen LogP contribution in [0.1, 0.15) is 17.4 Å². The minimum absolute atomic E-state index is 0.0655. The predicted molar refractivity (Wildman–Crippen MR) is 83.0 cm³/mol. The number of amides is 1. The molecule has 0 fully saturated rings. The Hall–Kier alpha value is -2.34. The van der Waals surface area contributed by atoms with E-state index in [1.165, 1.54) is 24.5 Å². The van der Waals surface area contributed by atoms with Crippen molar-refractivity contribution in [3.8, 4) is 11.5 Å². The number of carbonyl (C=O) groups is 1. The summed E-state index contributed by atoms with van der Waals surface area (Å²) in [4.78, 5) is 12.7. The number of carbonyl (C=O) groups excluding carboxylic acids is 1. The van der Waals surface area contributed by atoms with Gasteiger partial charge in [0.05, 0.1) is 19.2 Å². The number of rotatable bonds is 5. The molecule has 2 rings (SSSR count). The van der Waals surface area contributed by atoms with Crippen molar-refractivity contribution in [2.45, 2.75) is 13.3 Å². The summed E-state index contributed by atoms with van der Waals surface area (Å²) in [6.45, 7) is 1.78. The van der Waals surface area contributed by atoms with Gasteiger partial charge in [-0.25, -0.2) is 5.43 Å². The monoisotopic (exact) mass is 304 g/mol. The number of nitrogens with one attached hydrogen (secondary N) is 1. The molecule has 5 nitrogen and oxygen atoms in total. The summed E-state index contributed by atoms with van der Waals surface area (Å²) < 4.78 is 5.04. The molecule has 2 aromatic rings. The number of phenols is 1. The number of thiophene rings is 1. The molecule has 2 N–H and O–H groups in total. The Labute approximate surface area is 126 Å². The standard InChI is InChI=1S/C15H16N2O3S/c1-10(11-5-6-13(18)14(8-11)20-2)16-17-15(19)9-12-4-3-7-21-12/h3-8,18H,9H2,1-2H3,(H,17,19)/b16-10-. The lowest BCUT2D eigenvalue weighted by Crippen LogP contribution is -2.20. The number of phenolic OH excluding ortho intramolecular Hbond substituents is 1. The maximum atomic E-state index is 11.7. The first kappa shape index (κ1) is 15.1. The molecule has 110 valence electrons. The van der Waals surface area contributed by atoms with E-state index in [-0.39, 0.29) is 11.7 Å². The van der Waals surface area contributed by atoms with E-state index >= 15 is 0 Å². The van der Waals surface area contributed by atoms with Crippen LogP contribution < -0.4 is 10.2 Å². The summed E-state index contributed by atoms with van der Waals surface area (Å²) in [5.74, 6) is 0.269. The molecular weight excluding hydrogens is 288 g/mol. The van der Waals surface area contributed by atoms with Crippen molar-refractivity contribution in [3.05, 3.63) is 46.2 Å². The van der Waals surface area contributed by atoms with Gasteiger partial charge in [0, 0.05) is 10.4 Å². The Bertz CT molecular complexity index is 651. The van der Waals surface area contributed by atoms with Crippen LogP contribution in [0.25, 0.3) is 0 Å². The van der Waals surface area contributed by atoms with Crippen molar-refractivity contribution < 1.29 is 14.6 Å². The zero-order valence-corrected chi connectivity index (χ0v) is 12.6. The fourth-order valence-electron chi connectivity index (χ4n) is 1.72. The smallest absolute Gasteiger partial charge is 0.245 e. The largest absolute Gasteiger partial charge is 0.504 e. The Kier molecular flexibility index (Phi) is 4.94. The minimum Gasteiger partial charge on any atom is -0.504 e. The predicted octanol–water partition coefficient (Wildman–Crippen LogP) is 2.55. The molecule has 0 bridgehead atoms. The number of nitrogens with zero attached hydrogens (tertiary/aromatic N) is 1. The zero-order valence-electron chi connectivity index (χ0n) is 11.8. The van der Waals surface area contributed by atoms with E-state index in [0.717, 1.165) is 10.4 Å². The Morgan fingerprint density at radius 3 is 2.90 bits per heavy atom. The van der Waals surface area contributed by atoms with Gasteiger partial charge in [0.2, 0.25) is 5.91 Å². The van der Waals surface area contributed by atoms with E-state index in [0.29, 0.717) is 17.9 Å². The molecule has 0 saturated carbocycles. The lowest BCUT2D eigenvalue weighted by molar-refractivity contribution is -0.120. The van der Waals surface area contributed by atoms with Crippen LogP contribution >= 0.6 is 11.3 Å². The molecule has 0 aliphatic carbocycles. The second-order valence-corrected chi connectivity index (χ2v) is 5.41. The number of methoxy groups -OCH3 is 1. The average Bonchev–Trinajstić information content (AvgIpc) is 2.98. The molecule has 1 amide bonds. The molecule has 0 aliphatic rings. The van der Waals surface area contributed by atoms with E-state index in [2.05, 4.69) is 10.5 Å². The van der Waals surface area contributed by atoms with Crippen LogP contribution in [0, 0.1) is 0 Å². The van der Waals surface area contributed by atoms with E-state index in [4.69, 9.17) is 4.74 Å². The maximum absolute atomic E-state index is 11.7. The highest BCUT2D eigenvalue weighted by Crippen LogP contribution is 2.26. The molecule has 0 unspecified atom stereocenters. The summed E-state index contributed by atoms with van der Waals surface area (Å²) in [6.07, 6.45) is 0.313. The van der Waals surface area contributed by atoms with Gasteiger partial charge < -0.3 is 9.84 Å². The van der Waals surface area contributed by atoms with E-state index in [9.17, 15) is 9.90 Å². The summed E-state index contributed by atoms with van der Waals surface area (Å²) >= 11 is 1.53. The van der Waals surface area contributed by atoms with Gasteiger partial charge in [-0.05, 0) is 36.6 Å². The SMILES string of the molecule is COc1cc(/C(C)=N\NC(=O)Cc2cccs2)ccc1O. The molecule has 21 heavy (non-hydrogen) atoms. The minimum atomic E-state index is -0.164. The Balaban J connectivity index is 2.02. The lowest BCUT2D eigenvalue weighted by atomic mass is 10.1. The fourth-order valence-corrected chi connectivity index (χ4v) is 2.43. The van der Waals surface area contributed by atoms with Crippen molar-refractivity contribution in [1.29, 1.82) is 0 Å². The molecule has 0 aliphatic heterocycles. The van der Waals surface area contributed by atoms with Crippen LogP contribution in [-0.2, 0) is 11.2 Å². The second kappa shape index (κ2) is 6.90. The maximum Gasteiger partial charge on any atom is 0.245 e. The van der Waals surface area contributed by atoms with Crippen LogP contribution in [0.4, 0.5) is 0 Å². The number of hydrogen-bond donors (Lipinski definition) is 2. The first-order valence-corrected chi connectivity index (χ1v) is 7.21. The number of hydrazone groups is 1. The average molecular weight is 304 g/mol. The summed E-state index contributed by atoms with van der Waals surface area (Å²) in [7, 11) is 1.48. The Morgan fingerprint density at radius 1 is 1.43 bits per heavy atom.